The number of carboxylic acids is 1. The van der Waals surface area contributed by atoms with Gasteiger partial charge in [0.15, 0.2) is 5.71 Å². The number of anilines is 1. The van der Waals surface area contributed by atoms with Crippen LogP contribution in [0.1, 0.15) is 51.5 Å². The first-order valence-electron chi connectivity index (χ1n) is 11.7. The minimum absolute atomic E-state index is 0.116. The Hall–Kier alpha value is -3.23. The highest BCUT2D eigenvalue weighted by molar-refractivity contribution is 7.85. The van der Waals surface area contributed by atoms with Gasteiger partial charge in [-0.1, -0.05) is 30.7 Å². The molecule has 3 N–H and O–H groups in total. The Morgan fingerprint density at radius 2 is 1.74 bits per heavy atom. The first-order valence-corrected chi connectivity index (χ1v) is 13.2. The Kier molecular flexibility index (Phi) is 8.64. The second-order valence-corrected chi connectivity index (χ2v) is 10.5. The number of para-hydroxylation sites is 1. The van der Waals surface area contributed by atoms with Crippen molar-refractivity contribution < 1.29 is 27.4 Å². The number of carboxylic acid groups (broad SMARTS) is 1. The average molecular weight is 498 g/mol. The van der Waals surface area contributed by atoms with Gasteiger partial charge in [0.2, 0.25) is 5.69 Å². The number of allylic oxidation sites excluding steroid dienone is 3. The quantitative estimate of drug-likeness (QED) is 0.154. The molecule has 35 heavy (non-hydrogen) atoms. The van der Waals surface area contributed by atoms with Gasteiger partial charge in [-0.05, 0) is 57.0 Å². The van der Waals surface area contributed by atoms with Crippen LogP contribution >= 0.6 is 0 Å². The van der Waals surface area contributed by atoms with Gasteiger partial charge in [0.05, 0.1) is 10.3 Å². The molecule has 7 nitrogen and oxygen atoms in total. The molecule has 0 saturated carbocycles. The van der Waals surface area contributed by atoms with Crippen LogP contribution in [-0.2, 0) is 20.3 Å². The number of fused-ring (bicyclic) bond motifs is 1. The SMILES string of the molecule is CC1(C)C(/C=C/C=C/Nc2ccccc2)=[N+](CCCCCCC(=O)O)c2ccc(S(=O)(=O)O)cc21. The van der Waals surface area contributed by atoms with Gasteiger partial charge < -0.3 is 10.4 Å². The molecule has 186 valence electrons. The van der Waals surface area contributed by atoms with Crippen LogP contribution in [0, 0.1) is 0 Å². The molecule has 2 aromatic rings. The normalized spacial score (nSPS) is 15.2. The second-order valence-electron chi connectivity index (χ2n) is 9.10. The van der Waals surface area contributed by atoms with Crippen molar-refractivity contribution in [2.24, 2.45) is 0 Å². The van der Waals surface area contributed by atoms with E-state index in [2.05, 4.69) is 9.89 Å². The Morgan fingerprint density at radius 3 is 2.43 bits per heavy atom. The molecule has 0 amide bonds. The number of benzene rings is 2. The van der Waals surface area contributed by atoms with Crippen LogP contribution in [-0.4, -0.2) is 40.9 Å². The Labute approximate surface area is 207 Å². The van der Waals surface area contributed by atoms with Crippen LogP contribution in [0.5, 0.6) is 0 Å². The lowest BCUT2D eigenvalue weighted by Gasteiger charge is -2.15. The van der Waals surface area contributed by atoms with E-state index in [9.17, 15) is 17.8 Å². The zero-order valence-electron chi connectivity index (χ0n) is 20.1. The fourth-order valence-electron chi connectivity index (χ4n) is 4.34. The van der Waals surface area contributed by atoms with E-state index < -0.39 is 21.5 Å². The first-order chi connectivity index (χ1) is 16.6. The smallest absolute Gasteiger partial charge is 0.303 e. The van der Waals surface area contributed by atoms with Crippen LogP contribution in [0.4, 0.5) is 11.4 Å². The number of hydrogen-bond donors (Lipinski definition) is 3. The maximum Gasteiger partial charge on any atom is 0.303 e. The van der Waals surface area contributed by atoms with Gasteiger partial charge in [0.25, 0.3) is 10.1 Å². The molecule has 1 aliphatic heterocycles. The van der Waals surface area contributed by atoms with Crippen LogP contribution in [0.15, 0.2) is 77.9 Å². The summed E-state index contributed by atoms with van der Waals surface area (Å²) < 4.78 is 35.3. The standard InChI is InChI=1S/C27H32N2O5S/c1-27(2)23-20-22(35(32,33)34)16-17-24(23)29(19-11-4-3-8-15-26(30)31)25(27)14-9-10-18-28-21-12-6-5-7-13-21/h5-7,9-10,12-14,16-18,20H,3-4,8,11,15,19H2,1-2H3,(H2,30,31,32,33,34)/p+1. The molecule has 0 bridgehead atoms. The van der Waals surface area contributed by atoms with E-state index in [0.717, 1.165) is 48.5 Å². The van der Waals surface area contributed by atoms with Gasteiger partial charge in [-0.15, -0.1) is 0 Å². The molecule has 0 fully saturated rings. The zero-order chi connectivity index (χ0) is 25.5. The molecular formula is C27H33N2O5S+. The van der Waals surface area contributed by atoms with Crippen molar-refractivity contribution in [2.75, 3.05) is 11.9 Å². The molecule has 1 aliphatic rings. The van der Waals surface area contributed by atoms with E-state index in [-0.39, 0.29) is 11.3 Å². The van der Waals surface area contributed by atoms with Crippen molar-refractivity contribution >= 4 is 33.2 Å². The molecular weight excluding hydrogens is 464 g/mol. The van der Waals surface area contributed by atoms with Gasteiger partial charge >= 0.3 is 5.97 Å². The Balaban J connectivity index is 1.82. The summed E-state index contributed by atoms with van der Waals surface area (Å²) in [6.45, 7) is 4.80. The number of hydrogen-bond acceptors (Lipinski definition) is 4. The van der Waals surface area contributed by atoms with Crippen molar-refractivity contribution in [1.82, 2.24) is 0 Å². The monoisotopic (exact) mass is 497 g/mol. The highest BCUT2D eigenvalue weighted by Gasteiger charge is 2.44. The summed E-state index contributed by atoms with van der Waals surface area (Å²) in [6.07, 6.45) is 11.2. The van der Waals surface area contributed by atoms with Gasteiger partial charge in [-0.3, -0.25) is 9.35 Å². The summed E-state index contributed by atoms with van der Waals surface area (Å²) >= 11 is 0. The van der Waals surface area contributed by atoms with Gasteiger partial charge in [0, 0.05) is 42.4 Å². The lowest BCUT2D eigenvalue weighted by atomic mass is 9.81. The van der Waals surface area contributed by atoms with E-state index in [1.807, 2.05) is 68.6 Å². The fourth-order valence-corrected chi connectivity index (χ4v) is 4.84. The molecule has 2 aromatic carbocycles. The Morgan fingerprint density at radius 1 is 1.03 bits per heavy atom. The van der Waals surface area contributed by atoms with Crippen molar-refractivity contribution in [3.05, 3.63) is 78.5 Å². The molecule has 0 aliphatic carbocycles. The molecule has 0 atom stereocenters. The maximum atomic E-state index is 11.8. The molecule has 3 rings (SSSR count). The van der Waals surface area contributed by atoms with Gasteiger partial charge in [0.1, 0.15) is 6.54 Å². The first kappa shape index (κ1) is 26.4. The molecule has 0 saturated heterocycles. The lowest BCUT2D eigenvalue weighted by Crippen LogP contribution is -2.28. The number of rotatable bonds is 12. The van der Waals surface area contributed by atoms with Gasteiger partial charge in [-0.2, -0.15) is 13.0 Å². The highest BCUT2D eigenvalue weighted by Crippen LogP contribution is 2.41. The molecule has 8 heteroatoms. The minimum atomic E-state index is -4.31. The molecule has 0 spiro atoms. The van der Waals surface area contributed by atoms with E-state index >= 15 is 0 Å². The van der Waals surface area contributed by atoms with E-state index in [0.29, 0.717) is 6.42 Å². The number of unbranched alkanes of at least 4 members (excludes halogenated alkanes) is 3. The number of carbonyl (C=O) groups is 1. The maximum absolute atomic E-state index is 11.8. The van der Waals surface area contributed by atoms with E-state index in [1.165, 1.54) is 6.07 Å². The van der Waals surface area contributed by atoms with Crippen LogP contribution in [0.25, 0.3) is 0 Å². The van der Waals surface area contributed by atoms with Crippen LogP contribution in [0.3, 0.4) is 0 Å². The van der Waals surface area contributed by atoms with Crippen LogP contribution in [0.2, 0.25) is 0 Å². The summed E-state index contributed by atoms with van der Waals surface area (Å²) in [7, 11) is -4.31. The second kappa shape index (κ2) is 11.5. The summed E-state index contributed by atoms with van der Waals surface area (Å²) in [5.74, 6) is -0.773. The molecule has 0 unspecified atom stereocenters. The molecule has 0 radical (unpaired) electrons. The summed E-state index contributed by atoms with van der Waals surface area (Å²) in [4.78, 5) is 10.6. The average Bonchev–Trinajstić information content (AvgIpc) is 3.01. The van der Waals surface area contributed by atoms with Crippen LogP contribution < -0.4 is 5.32 Å². The van der Waals surface area contributed by atoms with Crippen molar-refractivity contribution in [3.63, 3.8) is 0 Å². The third kappa shape index (κ3) is 6.90. The van der Waals surface area contributed by atoms with Gasteiger partial charge in [-0.25, -0.2) is 0 Å². The lowest BCUT2D eigenvalue weighted by molar-refractivity contribution is -0.438. The fraction of sp³-hybridized carbons (Fsp3) is 0.333. The van der Waals surface area contributed by atoms with E-state index in [4.69, 9.17) is 5.11 Å². The third-order valence-electron chi connectivity index (χ3n) is 6.17. The number of nitrogens with zero attached hydrogens (tertiary/aromatic N) is 1. The summed E-state index contributed by atoms with van der Waals surface area (Å²) in [6, 6.07) is 14.6. The largest absolute Gasteiger partial charge is 0.481 e. The Bertz CT molecular complexity index is 1250. The number of aliphatic carboxylic acids is 1. The van der Waals surface area contributed by atoms with Crippen molar-refractivity contribution in [2.45, 2.75) is 56.3 Å². The van der Waals surface area contributed by atoms with Crippen molar-refractivity contribution in [1.29, 1.82) is 0 Å². The van der Waals surface area contributed by atoms with E-state index in [1.54, 1.807) is 12.1 Å². The zero-order valence-corrected chi connectivity index (χ0v) is 21.0. The topological polar surface area (TPSA) is 107 Å². The number of nitrogens with one attached hydrogen (secondary N) is 1. The van der Waals surface area contributed by atoms with Crippen molar-refractivity contribution in [3.8, 4) is 0 Å². The molecule has 1 heterocycles. The third-order valence-corrected chi connectivity index (χ3v) is 7.02. The summed E-state index contributed by atoms with van der Waals surface area (Å²) in [5.41, 5.74) is 3.29. The predicted molar refractivity (Wildman–Crippen MR) is 138 cm³/mol. The minimum Gasteiger partial charge on any atom is -0.481 e. The highest BCUT2D eigenvalue weighted by atomic mass is 32.2. The summed E-state index contributed by atoms with van der Waals surface area (Å²) in [5, 5.41) is 12.0. The molecule has 0 aromatic heterocycles. The predicted octanol–water partition coefficient (Wildman–Crippen LogP) is 5.53.